The number of ether oxygens (including phenoxy) is 1. The van der Waals surface area contributed by atoms with Crippen molar-refractivity contribution in [3.8, 4) is 0 Å². The van der Waals surface area contributed by atoms with Gasteiger partial charge in [-0.15, -0.1) is 0 Å². The van der Waals surface area contributed by atoms with Gasteiger partial charge in [0.25, 0.3) is 5.91 Å². The maximum absolute atomic E-state index is 11.7. The molecule has 0 saturated heterocycles. The Morgan fingerprint density at radius 2 is 1.94 bits per heavy atom. The molecule has 0 fully saturated rings. The molecule has 3 amide bonds. The summed E-state index contributed by atoms with van der Waals surface area (Å²) >= 11 is 0. The zero-order valence-electron chi connectivity index (χ0n) is 9.97. The molecule has 1 rings (SSSR count). The first-order valence-electron chi connectivity index (χ1n) is 5.27. The van der Waals surface area contributed by atoms with E-state index in [2.05, 4.69) is 10.6 Å². The molecule has 7 nitrogen and oxygen atoms in total. The number of carbonyl (C=O) groups excluding carboxylic acids is 2. The van der Waals surface area contributed by atoms with Gasteiger partial charge in [-0.2, -0.15) is 0 Å². The zero-order chi connectivity index (χ0) is 13.5. The number of carbonyl (C=O) groups is 2. The number of hydrogen-bond donors (Lipinski definition) is 4. The largest absolute Gasteiger partial charge is 0.370 e. The van der Waals surface area contributed by atoms with Gasteiger partial charge in [-0.1, -0.05) is 6.07 Å². The molecular weight excluding hydrogens is 236 g/mol. The lowest BCUT2D eigenvalue weighted by Gasteiger charge is -2.13. The zero-order valence-corrected chi connectivity index (χ0v) is 9.97. The Kier molecular flexibility index (Phi) is 5.09. The Morgan fingerprint density at radius 1 is 1.33 bits per heavy atom. The van der Waals surface area contributed by atoms with E-state index >= 15 is 0 Å². The van der Waals surface area contributed by atoms with Gasteiger partial charge < -0.3 is 26.8 Å². The van der Waals surface area contributed by atoms with Gasteiger partial charge in [0.15, 0.2) is 0 Å². The predicted molar refractivity (Wildman–Crippen MR) is 68.1 cm³/mol. The van der Waals surface area contributed by atoms with Crippen molar-refractivity contribution >= 4 is 23.3 Å². The summed E-state index contributed by atoms with van der Waals surface area (Å²) in [5.41, 5.74) is 11.4. The SMILES string of the molecule is COC(CN)C(=O)Nc1cccc(NC(N)=O)c1. The number of methoxy groups -OCH3 is 1. The van der Waals surface area contributed by atoms with Crippen LogP contribution in [0.2, 0.25) is 0 Å². The van der Waals surface area contributed by atoms with Crippen molar-refractivity contribution in [1.82, 2.24) is 0 Å². The second-order valence-corrected chi connectivity index (χ2v) is 3.52. The lowest BCUT2D eigenvalue weighted by Crippen LogP contribution is -2.35. The van der Waals surface area contributed by atoms with Gasteiger partial charge in [0.2, 0.25) is 0 Å². The van der Waals surface area contributed by atoms with Crippen LogP contribution in [-0.4, -0.2) is 31.7 Å². The van der Waals surface area contributed by atoms with Gasteiger partial charge in [0.1, 0.15) is 6.10 Å². The minimum Gasteiger partial charge on any atom is -0.370 e. The second-order valence-electron chi connectivity index (χ2n) is 3.52. The van der Waals surface area contributed by atoms with Gasteiger partial charge in [-0.25, -0.2) is 4.79 Å². The second kappa shape index (κ2) is 6.58. The molecular formula is C11H16N4O3. The van der Waals surface area contributed by atoms with Crippen LogP contribution in [0.1, 0.15) is 0 Å². The van der Waals surface area contributed by atoms with Crippen molar-refractivity contribution in [2.45, 2.75) is 6.10 Å². The summed E-state index contributed by atoms with van der Waals surface area (Å²) in [6.07, 6.45) is -0.710. The molecule has 1 aromatic carbocycles. The van der Waals surface area contributed by atoms with E-state index in [9.17, 15) is 9.59 Å². The van der Waals surface area contributed by atoms with E-state index < -0.39 is 12.1 Å². The Hall–Kier alpha value is -2.12. The van der Waals surface area contributed by atoms with E-state index in [1.165, 1.54) is 7.11 Å². The fourth-order valence-corrected chi connectivity index (χ4v) is 1.35. The van der Waals surface area contributed by atoms with Gasteiger partial charge in [-0.05, 0) is 18.2 Å². The van der Waals surface area contributed by atoms with E-state index in [-0.39, 0.29) is 12.5 Å². The van der Waals surface area contributed by atoms with Crippen molar-refractivity contribution in [2.75, 3.05) is 24.3 Å². The molecule has 98 valence electrons. The van der Waals surface area contributed by atoms with E-state index in [0.717, 1.165) is 0 Å². The molecule has 18 heavy (non-hydrogen) atoms. The fourth-order valence-electron chi connectivity index (χ4n) is 1.35. The third-order valence-corrected chi connectivity index (χ3v) is 2.19. The van der Waals surface area contributed by atoms with Crippen LogP contribution in [0.25, 0.3) is 0 Å². The van der Waals surface area contributed by atoms with Crippen LogP contribution in [0, 0.1) is 0 Å². The number of rotatable bonds is 5. The molecule has 0 aliphatic heterocycles. The lowest BCUT2D eigenvalue weighted by molar-refractivity contribution is -0.125. The molecule has 1 aromatic rings. The Labute approximate surface area is 104 Å². The smallest absolute Gasteiger partial charge is 0.316 e. The maximum atomic E-state index is 11.7. The number of amides is 3. The van der Waals surface area contributed by atoms with Gasteiger partial charge in [0, 0.05) is 25.0 Å². The first kappa shape index (κ1) is 13.9. The minimum absolute atomic E-state index is 0.0849. The summed E-state index contributed by atoms with van der Waals surface area (Å²) in [6.45, 7) is 0.0849. The average Bonchev–Trinajstić information content (AvgIpc) is 2.30. The molecule has 0 saturated carbocycles. The number of hydrogen-bond acceptors (Lipinski definition) is 4. The summed E-state index contributed by atoms with van der Waals surface area (Å²) in [7, 11) is 1.40. The van der Waals surface area contributed by atoms with Crippen molar-refractivity contribution in [3.05, 3.63) is 24.3 Å². The third-order valence-electron chi connectivity index (χ3n) is 2.19. The molecule has 0 aliphatic rings. The van der Waals surface area contributed by atoms with Crippen LogP contribution < -0.4 is 22.1 Å². The number of nitrogens with one attached hydrogen (secondary N) is 2. The van der Waals surface area contributed by atoms with Crippen molar-refractivity contribution in [2.24, 2.45) is 11.5 Å². The average molecular weight is 252 g/mol. The first-order chi connectivity index (χ1) is 8.56. The normalized spacial score (nSPS) is 11.7. The summed E-state index contributed by atoms with van der Waals surface area (Å²) in [5, 5.41) is 5.03. The molecule has 0 heterocycles. The molecule has 0 spiro atoms. The molecule has 0 radical (unpaired) electrons. The molecule has 1 unspecified atom stereocenters. The maximum Gasteiger partial charge on any atom is 0.316 e. The Morgan fingerprint density at radius 3 is 2.44 bits per heavy atom. The summed E-state index contributed by atoms with van der Waals surface area (Å²) < 4.78 is 4.90. The number of primary amides is 1. The predicted octanol–water partition coefficient (Wildman–Crippen LogP) is 0.0894. The van der Waals surface area contributed by atoms with Crippen molar-refractivity contribution in [3.63, 3.8) is 0 Å². The number of anilines is 2. The highest BCUT2D eigenvalue weighted by molar-refractivity contribution is 5.95. The molecule has 1 atom stereocenters. The van der Waals surface area contributed by atoms with Gasteiger partial charge >= 0.3 is 6.03 Å². The highest BCUT2D eigenvalue weighted by Gasteiger charge is 2.15. The molecule has 0 aromatic heterocycles. The fraction of sp³-hybridized carbons (Fsp3) is 0.273. The lowest BCUT2D eigenvalue weighted by atomic mass is 10.2. The summed E-state index contributed by atoms with van der Waals surface area (Å²) in [6, 6.07) is 5.90. The standard InChI is InChI=1S/C11H16N4O3/c1-18-9(6-12)10(16)14-7-3-2-4-8(5-7)15-11(13)17/h2-5,9H,6,12H2,1H3,(H,14,16)(H3,13,15,17). The van der Waals surface area contributed by atoms with E-state index in [1.807, 2.05) is 0 Å². The summed E-state index contributed by atoms with van der Waals surface area (Å²) in [4.78, 5) is 22.4. The highest BCUT2D eigenvalue weighted by atomic mass is 16.5. The van der Waals surface area contributed by atoms with Crippen molar-refractivity contribution < 1.29 is 14.3 Å². The van der Waals surface area contributed by atoms with E-state index in [0.29, 0.717) is 11.4 Å². The van der Waals surface area contributed by atoms with Crippen LogP contribution in [0.3, 0.4) is 0 Å². The molecule has 7 heteroatoms. The van der Waals surface area contributed by atoms with Gasteiger partial charge in [0.05, 0.1) is 0 Å². The van der Waals surface area contributed by atoms with E-state index in [4.69, 9.17) is 16.2 Å². The molecule has 0 aliphatic carbocycles. The Bertz CT molecular complexity index is 432. The minimum atomic E-state index is -0.710. The number of nitrogens with two attached hydrogens (primary N) is 2. The Balaban J connectivity index is 2.72. The van der Waals surface area contributed by atoms with Crippen LogP contribution in [0.5, 0.6) is 0 Å². The number of urea groups is 1. The summed E-state index contributed by atoms with van der Waals surface area (Å²) in [5.74, 6) is -0.351. The van der Waals surface area contributed by atoms with Gasteiger partial charge in [-0.3, -0.25) is 4.79 Å². The van der Waals surface area contributed by atoms with Crippen LogP contribution in [-0.2, 0) is 9.53 Å². The number of benzene rings is 1. The van der Waals surface area contributed by atoms with Crippen LogP contribution in [0.4, 0.5) is 16.2 Å². The molecule has 6 N–H and O–H groups in total. The third kappa shape index (κ3) is 4.04. The molecule has 0 bridgehead atoms. The monoisotopic (exact) mass is 252 g/mol. The van der Waals surface area contributed by atoms with Crippen LogP contribution in [0.15, 0.2) is 24.3 Å². The van der Waals surface area contributed by atoms with Crippen molar-refractivity contribution in [1.29, 1.82) is 0 Å². The quantitative estimate of drug-likeness (QED) is 0.593. The van der Waals surface area contributed by atoms with E-state index in [1.54, 1.807) is 24.3 Å². The topological polar surface area (TPSA) is 119 Å². The first-order valence-corrected chi connectivity index (χ1v) is 5.27. The van der Waals surface area contributed by atoms with Crippen LogP contribution >= 0.6 is 0 Å². The highest BCUT2D eigenvalue weighted by Crippen LogP contribution is 2.15.